The Labute approximate surface area is 130 Å². The van der Waals surface area contributed by atoms with E-state index >= 15 is 0 Å². The first-order valence-corrected chi connectivity index (χ1v) is 8.44. The third-order valence-electron chi connectivity index (χ3n) is 3.71. The summed E-state index contributed by atoms with van der Waals surface area (Å²) in [4.78, 5) is 1.44. The zero-order valence-electron chi connectivity index (χ0n) is 12.4. The van der Waals surface area contributed by atoms with Gasteiger partial charge in [0.15, 0.2) is 0 Å². The number of fused-ring (bicyclic) bond motifs is 1. The van der Waals surface area contributed by atoms with Crippen LogP contribution in [0.25, 0.3) is 10.1 Å². The second-order valence-electron chi connectivity index (χ2n) is 5.38. The summed E-state index contributed by atoms with van der Waals surface area (Å²) in [6, 6.07) is 22.2. The van der Waals surface area contributed by atoms with Crippen LogP contribution >= 0.6 is 11.3 Å². The summed E-state index contributed by atoms with van der Waals surface area (Å²) in [6.07, 6.45) is 2.21. The molecule has 1 heterocycles. The van der Waals surface area contributed by atoms with E-state index in [1.807, 2.05) is 11.3 Å². The van der Waals surface area contributed by atoms with Crippen molar-refractivity contribution in [2.24, 2.45) is 0 Å². The molecule has 0 fully saturated rings. The van der Waals surface area contributed by atoms with Gasteiger partial charge in [0.05, 0.1) is 0 Å². The number of benzene rings is 2. The average Bonchev–Trinajstić information content (AvgIpc) is 2.96. The van der Waals surface area contributed by atoms with Crippen LogP contribution in [-0.2, 0) is 6.42 Å². The topological polar surface area (TPSA) is 12.0 Å². The lowest BCUT2D eigenvalue weighted by atomic mass is 10.0. The van der Waals surface area contributed by atoms with Crippen LogP contribution in [0.1, 0.15) is 29.8 Å². The third-order valence-corrected chi connectivity index (χ3v) is 4.94. The molecule has 0 radical (unpaired) electrons. The van der Waals surface area contributed by atoms with Crippen molar-refractivity contribution in [3.05, 3.63) is 71.1 Å². The number of nitrogens with one attached hydrogen (secondary N) is 1. The summed E-state index contributed by atoms with van der Waals surface area (Å²) < 4.78 is 1.38. The van der Waals surface area contributed by atoms with E-state index in [4.69, 9.17) is 0 Å². The summed E-state index contributed by atoms with van der Waals surface area (Å²) in [7, 11) is 0. The predicted octanol–water partition coefficient (Wildman–Crippen LogP) is 5.18. The van der Waals surface area contributed by atoms with Crippen molar-refractivity contribution in [3.63, 3.8) is 0 Å². The quantitative estimate of drug-likeness (QED) is 0.660. The highest BCUT2D eigenvalue weighted by Crippen LogP contribution is 2.31. The second-order valence-corrected chi connectivity index (χ2v) is 6.50. The van der Waals surface area contributed by atoms with Gasteiger partial charge in [-0.3, -0.25) is 0 Å². The molecule has 2 heteroatoms. The molecule has 0 amide bonds. The first kappa shape index (κ1) is 14.3. The molecule has 1 unspecified atom stereocenters. The van der Waals surface area contributed by atoms with Crippen molar-refractivity contribution >= 4 is 21.4 Å². The maximum absolute atomic E-state index is 3.71. The van der Waals surface area contributed by atoms with Gasteiger partial charge >= 0.3 is 0 Å². The molecule has 0 saturated heterocycles. The summed E-state index contributed by atoms with van der Waals surface area (Å²) in [6.45, 7) is 3.28. The molecule has 0 aliphatic heterocycles. The van der Waals surface area contributed by atoms with Gasteiger partial charge in [-0.2, -0.15) is 0 Å². The van der Waals surface area contributed by atoms with Crippen LogP contribution in [0.15, 0.2) is 60.7 Å². The van der Waals surface area contributed by atoms with E-state index in [2.05, 4.69) is 72.9 Å². The second kappa shape index (κ2) is 6.88. The molecule has 1 nitrogen and oxygen atoms in total. The van der Waals surface area contributed by atoms with Gasteiger partial charge in [0.1, 0.15) is 0 Å². The minimum atomic E-state index is 0.407. The molecular weight excluding hydrogens is 274 g/mol. The van der Waals surface area contributed by atoms with E-state index in [0.717, 1.165) is 19.4 Å². The monoisotopic (exact) mass is 295 g/mol. The van der Waals surface area contributed by atoms with Crippen LogP contribution < -0.4 is 5.32 Å². The molecule has 0 aliphatic rings. The fraction of sp³-hybridized carbons (Fsp3) is 0.263. The van der Waals surface area contributed by atoms with Crippen LogP contribution in [0.3, 0.4) is 0 Å². The van der Waals surface area contributed by atoms with E-state index in [1.54, 1.807) is 0 Å². The minimum absolute atomic E-state index is 0.407. The van der Waals surface area contributed by atoms with Gasteiger partial charge in [0.2, 0.25) is 0 Å². The number of hydrogen-bond acceptors (Lipinski definition) is 2. The molecule has 1 atom stereocenters. The maximum atomic E-state index is 3.71. The van der Waals surface area contributed by atoms with Gasteiger partial charge < -0.3 is 5.32 Å². The maximum Gasteiger partial charge on any atom is 0.0456 e. The van der Waals surface area contributed by atoms with Gasteiger partial charge in [-0.15, -0.1) is 11.3 Å². The molecule has 3 rings (SSSR count). The van der Waals surface area contributed by atoms with Crippen LogP contribution in [0.5, 0.6) is 0 Å². The summed E-state index contributed by atoms with van der Waals surface area (Å²) in [5, 5.41) is 5.06. The Hall–Kier alpha value is -1.64. The van der Waals surface area contributed by atoms with Crippen molar-refractivity contribution in [1.29, 1.82) is 0 Å². The summed E-state index contributed by atoms with van der Waals surface area (Å²) in [5.74, 6) is 0. The standard InChI is InChI=1S/C19H21NS/c1-2-12-20-17(13-15-8-4-3-5-9-15)19-14-16-10-6-7-11-18(16)21-19/h3-11,14,17,20H,2,12-13H2,1H3. The lowest BCUT2D eigenvalue weighted by Crippen LogP contribution is -2.23. The molecule has 2 aromatic carbocycles. The Balaban J connectivity index is 1.87. The van der Waals surface area contributed by atoms with E-state index < -0.39 is 0 Å². The SMILES string of the molecule is CCCNC(Cc1ccccc1)c1cc2ccccc2s1. The number of hydrogen-bond donors (Lipinski definition) is 1. The van der Waals surface area contributed by atoms with Gasteiger partial charge in [0.25, 0.3) is 0 Å². The van der Waals surface area contributed by atoms with Crippen molar-refractivity contribution in [2.75, 3.05) is 6.54 Å². The first-order chi connectivity index (χ1) is 10.4. The van der Waals surface area contributed by atoms with Gasteiger partial charge in [-0.1, -0.05) is 55.5 Å². The largest absolute Gasteiger partial charge is 0.309 e. The van der Waals surface area contributed by atoms with Crippen molar-refractivity contribution in [1.82, 2.24) is 5.32 Å². The summed E-state index contributed by atoms with van der Waals surface area (Å²) in [5.41, 5.74) is 1.39. The molecule has 108 valence electrons. The van der Waals surface area contributed by atoms with Crippen LogP contribution in [0.4, 0.5) is 0 Å². The molecule has 0 bridgehead atoms. The highest BCUT2D eigenvalue weighted by atomic mass is 32.1. The molecule has 1 aromatic heterocycles. The van der Waals surface area contributed by atoms with E-state index in [9.17, 15) is 0 Å². The van der Waals surface area contributed by atoms with Crippen molar-refractivity contribution < 1.29 is 0 Å². The smallest absolute Gasteiger partial charge is 0.0456 e. The molecule has 3 aromatic rings. The van der Waals surface area contributed by atoms with Crippen LogP contribution in [0.2, 0.25) is 0 Å². The fourth-order valence-electron chi connectivity index (χ4n) is 2.62. The molecule has 0 aliphatic carbocycles. The average molecular weight is 295 g/mol. The Morgan fingerprint density at radius 1 is 1.00 bits per heavy atom. The minimum Gasteiger partial charge on any atom is -0.309 e. The summed E-state index contributed by atoms with van der Waals surface area (Å²) >= 11 is 1.91. The Morgan fingerprint density at radius 3 is 2.52 bits per heavy atom. The van der Waals surface area contributed by atoms with E-state index in [0.29, 0.717) is 6.04 Å². The van der Waals surface area contributed by atoms with E-state index in [-0.39, 0.29) is 0 Å². The number of thiophene rings is 1. The molecule has 1 N–H and O–H groups in total. The van der Waals surface area contributed by atoms with Gasteiger partial charge in [-0.05, 0) is 42.5 Å². The zero-order chi connectivity index (χ0) is 14.5. The molecule has 0 spiro atoms. The Morgan fingerprint density at radius 2 is 1.76 bits per heavy atom. The third kappa shape index (κ3) is 3.52. The van der Waals surface area contributed by atoms with Crippen molar-refractivity contribution in [3.8, 4) is 0 Å². The number of rotatable bonds is 6. The molecular formula is C19H21NS. The Kier molecular flexibility index (Phi) is 4.69. The Bertz CT molecular complexity index is 654. The predicted molar refractivity (Wildman–Crippen MR) is 93.0 cm³/mol. The highest BCUT2D eigenvalue weighted by molar-refractivity contribution is 7.19. The van der Waals surface area contributed by atoms with Gasteiger partial charge in [0, 0.05) is 15.6 Å². The van der Waals surface area contributed by atoms with Gasteiger partial charge in [-0.25, -0.2) is 0 Å². The fourth-order valence-corrected chi connectivity index (χ4v) is 3.76. The molecule has 21 heavy (non-hydrogen) atoms. The normalized spacial score (nSPS) is 12.6. The first-order valence-electron chi connectivity index (χ1n) is 7.62. The lowest BCUT2D eigenvalue weighted by molar-refractivity contribution is 0.537. The lowest BCUT2D eigenvalue weighted by Gasteiger charge is -2.17. The zero-order valence-corrected chi connectivity index (χ0v) is 13.2. The van der Waals surface area contributed by atoms with Crippen molar-refractivity contribution in [2.45, 2.75) is 25.8 Å². The van der Waals surface area contributed by atoms with Crippen LogP contribution in [0, 0.1) is 0 Å². The highest BCUT2D eigenvalue weighted by Gasteiger charge is 2.14. The van der Waals surface area contributed by atoms with Crippen LogP contribution in [-0.4, -0.2) is 6.54 Å². The molecule has 0 saturated carbocycles. The van der Waals surface area contributed by atoms with E-state index in [1.165, 1.54) is 20.5 Å².